The van der Waals surface area contributed by atoms with E-state index in [-0.39, 0.29) is 5.41 Å². The Bertz CT molecular complexity index is 722. The van der Waals surface area contributed by atoms with Crippen LogP contribution in [-0.4, -0.2) is 23.6 Å². The van der Waals surface area contributed by atoms with E-state index < -0.39 is 0 Å². The number of anilines is 1. The van der Waals surface area contributed by atoms with Crippen molar-refractivity contribution in [1.29, 1.82) is 0 Å². The van der Waals surface area contributed by atoms with Crippen LogP contribution in [0.15, 0.2) is 36.7 Å². The van der Waals surface area contributed by atoms with Crippen molar-refractivity contribution in [1.82, 2.24) is 10.4 Å². The number of benzene rings is 1. The predicted molar refractivity (Wildman–Crippen MR) is 94.9 cm³/mol. The third kappa shape index (κ3) is 1.99. The van der Waals surface area contributed by atoms with E-state index >= 15 is 0 Å². The number of fused-ring (bicyclic) bond motifs is 1. The summed E-state index contributed by atoms with van der Waals surface area (Å²) in [6, 6.07) is 8.44. The molecule has 120 valence electrons. The molecule has 3 nitrogen and oxygen atoms in total. The minimum Gasteiger partial charge on any atom is -0.341 e. The number of hydrogen-bond donors (Lipinski definition) is 1. The van der Waals surface area contributed by atoms with Crippen LogP contribution in [-0.2, 0) is 5.41 Å². The van der Waals surface area contributed by atoms with Gasteiger partial charge in [-0.15, -0.1) is 0 Å². The zero-order valence-corrected chi connectivity index (χ0v) is 14.1. The molecule has 0 bridgehead atoms. The summed E-state index contributed by atoms with van der Waals surface area (Å²) in [5, 5.41) is 2.31. The molecule has 0 spiro atoms. The molecule has 5 rings (SSSR count). The van der Waals surface area contributed by atoms with Gasteiger partial charge in [0.2, 0.25) is 0 Å². The standard InChI is InChI=1S/C20H25N3/c1-13-20(2,3)18-9-4-14(10-19(18)23(13)17-7-8-17)15-11-21-22(12-15)16-5-6-16/h4,9-10,12,16-17,21H,1,5-8,11H2,2-3H3. The zero-order chi connectivity index (χ0) is 15.8. The highest BCUT2D eigenvalue weighted by molar-refractivity contribution is 5.78. The molecule has 0 aromatic heterocycles. The number of hydrogen-bond acceptors (Lipinski definition) is 3. The smallest absolute Gasteiger partial charge is 0.0459 e. The minimum atomic E-state index is 0.0544. The van der Waals surface area contributed by atoms with Crippen LogP contribution in [0.3, 0.4) is 0 Å². The van der Waals surface area contributed by atoms with Crippen molar-refractivity contribution < 1.29 is 0 Å². The van der Waals surface area contributed by atoms with Crippen LogP contribution >= 0.6 is 0 Å². The molecule has 2 fully saturated rings. The van der Waals surface area contributed by atoms with Gasteiger partial charge < -0.3 is 9.91 Å². The maximum atomic E-state index is 4.43. The van der Waals surface area contributed by atoms with Gasteiger partial charge in [0.25, 0.3) is 0 Å². The fraction of sp³-hybridized carbons (Fsp3) is 0.500. The Labute approximate surface area is 138 Å². The van der Waals surface area contributed by atoms with E-state index in [9.17, 15) is 0 Å². The van der Waals surface area contributed by atoms with Crippen LogP contribution in [0.2, 0.25) is 0 Å². The summed E-state index contributed by atoms with van der Waals surface area (Å²) in [5.41, 5.74) is 10.4. The van der Waals surface area contributed by atoms with E-state index in [2.05, 4.69) is 60.2 Å². The van der Waals surface area contributed by atoms with Crippen molar-refractivity contribution in [2.45, 2.75) is 57.0 Å². The fourth-order valence-corrected chi connectivity index (χ4v) is 4.01. The largest absolute Gasteiger partial charge is 0.341 e. The van der Waals surface area contributed by atoms with Gasteiger partial charge in [0.15, 0.2) is 0 Å². The maximum Gasteiger partial charge on any atom is 0.0459 e. The second kappa shape index (κ2) is 4.41. The van der Waals surface area contributed by atoms with E-state index in [1.807, 2.05) is 0 Å². The van der Waals surface area contributed by atoms with Crippen molar-refractivity contribution in [2.24, 2.45) is 0 Å². The van der Waals surface area contributed by atoms with Gasteiger partial charge in [-0.25, -0.2) is 5.43 Å². The molecule has 2 aliphatic carbocycles. The van der Waals surface area contributed by atoms with Crippen LogP contribution in [0.4, 0.5) is 5.69 Å². The molecule has 2 aliphatic heterocycles. The zero-order valence-electron chi connectivity index (χ0n) is 14.1. The van der Waals surface area contributed by atoms with E-state index in [1.165, 1.54) is 53.8 Å². The molecule has 2 saturated carbocycles. The lowest BCUT2D eigenvalue weighted by atomic mass is 9.84. The highest BCUT2D eigenvalue weighted by Gasteiger charge is 2.45. The van der Waals surface area contributed by atoms with Crippen LogP contribution in [0.1, 0.15) is 50.7 Å². The highest BCUT2D eigenvalue weighted by atomic mass is 15.5. The van der Waals surface area contributed by atoms with E-state index in [1.54, 1.807) is 0 Å². The van der Waals surface area contributed by atoms with E-state index in [0.29, 0.717) is 6.04 Å². The van der Waals surface area contributed by atoms with Crippen LogP contribution in [0.25, 0.3) is 5.57 Å². The monoisotopic (exact) mass is 307 g/mol. The summed E-state index contributed by atoms with van der Waals surface area (Å²) in [4.78, 5) is 2.51. The van der Waals surface area contributed by atoms with Gasteiger partial charge in [0.05, 0.1) is 0 Å². The predicted octanol–water partition coefficient (Wildman–Crippen LogP) is 3.78. The third-order valence-electron chi connectivity index (χ3n) is 5.91. The third-order valence-corrected chi connectivity index (χ3v) is 5.91. The molecule has 1 aromatic carbocycles. The molecular formula is C20H25N3. The van der Waals surface area contributed by atoms with Crippen molar-refractivity contribution in [3.05, 3.63) is 47.8 Å². The second-order valence-corrected chi connectivity index (χ2v) is 8.03. The SMILES string of the molecule is C=C1N(C2CC2)c2cc(C3=CN(C4CC4)NC3)ccc2C1(C)C. The lowest BCUT2D eigenvalue weighted by Crippen LogP contribution is -2.30. The number of nitrogens with one attached hydrogen (secondary N) is 1. The van der Waals surface area contributed by atoms with E-state index in [4.69, 9.17) is 0 Å². The summed E-state index contributed by atoms with van der Waals surface area (Å²) in [6.07, 6.45) is 7.57. The Hall–Kier alpha value is -1.74. The van der Waals surface area contributed by atoms with Crippen molar-refractivity contribution in [3.8, 4) is 0 Å². The molecule has 0 saturated heterocycles. The first kappa shape index (κ1) is 13.7. The molecule has 1 N–H and O–H groups in total. The van der Waals surface area contributed by atoms with Crippen LogP contribution in [0.5, 0.6) is 0 Å². The topological polar surface area (TPSA) is 18.5 Å². The van der Waals surface area contributed by atoms with Gasteiger partial charge in [0, 0.05) is 41.6 Å². The number of allylic oxidation sites excluding steroid dienone is 1. The van der Waals surface area contributed by atoms with Gasteiger partial charge in [-0.3, -0.25) is 0 Å². The molecule has 0 radical (unpaired) electrons. The first-order valence-electron chi connectivity index (χ1n) is 8.92. The summed E-state index contributed by atoms with van der Waals surface area (Å²) in [6.45, 7) is 9.99. The van der Waals surface area contributed by atoms with Gasteiger partial charge in [-0.2, -0.15) is 0 Å². The Morgan fingerprint density at radius 2 is 1.87 bits per heavy atom. The highest BCUT2D eigenvalue weighted by Crippen LogP contribution is 2.52. The number of nitrogens with zero attached hydrogens (tertiary/aromatic N) is 2. The Kier molecular flexibility index (Phi) is 2.63. The lowest BCUT2D eigenvalue weighted by Gasteiger charge is -2.25. The summed E-state index contributed by atoms with van der Waals surface area (Å²) in [7, 11) is 0. The van der Waals surface area contributed by atoms with Gasteiger partial charge in [-0.1, -0.05) is 32.6 Å². The second-order valence-electron chi connectivity index (χ2n) is 8.03. The average Bonchev–Trinajstić information content (AvgIpc) is 3.46. The number of rotatable bonds is 3. The first-order chi connectivity index (χ1) is 11.1. The fourth-order valence-electron chi connectivity index (χ4n) is 4.01. The molecule has 1 aromatic rings. The van der Waals surface area contributed by atoms with Crippen LogP contribution in [0, 0.1) is 0 Å². The molecule has 0 atom stereocenters. The maximum absolute atomic E-state index is 4.43. The van der Waals surface area contributed by atoms with E-state index in [0.717, 1.165) is 12.6 Å². The minimum absolute atomic E-state index is 0.0544. The Balaban J connectivity index is 1.54. The molecule has 0 unspecified atom stereocenters. The molecule has 23 heavy (non-hydrogen) atoms. The van der Waals surface area contributed by atoms with Crippen molar-refractivity contribution in [2.75, 3.05) is 11.4 Å². The molecule has 0 amide bonds. The lowest BCUT2D eigenvalue weighted by molar-refractivity contribution is 0.296. The average molecular weight is 307 g/mol. The molecule has 3 heteroatoms. The summed E-state index contributed by atoms with van der Waals surface area (Å²) >= 11 is 0. The van der Waals surface area contributed by atoms with Crippen molar-refractivity contribution >= 4 is 11.3 Å². The normalized spacial score (nSPS) is 25.8. The van der Waals surface area contributed by atoms with Gasteiger partial charge in [-0.05, 0) is 48.4 Å². The van der Waals surface area contributed by atoms with Crippen LogP contribution < -0.4 is 10.3 Å². The summed E-state index contributed by atoms with van der Waals surface area (Å²) < 4.78 is 0. The van der Waals surface area contributed by atoms with Crippen molar-refractivity contribution in [3.63, 3.8) is 0 Å². The first-order valence-corrected chi connectivity index (χ1v) is 8.92. The molecule has 4 aliphatic rings. The van der Waals surface area contributed by atoms with Gasteiger partial charge in [0.1, 0.15) is 0 Å². The number of hydrazine groups is 1. The Morgan fingerprint density at radius 1 is 1.13 bits per heavy atom. The summed E-state index contributed by atoms with van der Waals surface area (Å²) in [5.74, 6) is 0. The Morgan fingerprint density at radius 3 is 2.57 bits per heavy atom. The molecule has 2 heterocycles. The quantitative estimate of drug-likeness (QED) is 0.917. The van der Waals surface area contributed by atoms with Gasteiger partial charge >= 0.3 is 0 Å². The molecular weight excluding hydrogens is 282 g/mol.